The summed E-state index contributed by atoms with van der Waals surface area (Å²) in [6.45, 7) is 7.97. The number of aryl methyl sites for hydroxylation is 3. The molecule has 2 heterocycles. The van der Waals surface area contributed by atoms with Crippen LogP contribution in [-0.2, 0) is 11.2 Å². The van der Waals surface area contributed by atoms with E-state index in [0.717, 1.165) is 40.0 Å². The van der Waals surface area contributed by atoms with Crippen LogP contribution in [0.5, 0.6) is 5.88 Å². The Labute approximate surface area is 188 Å². The number of fused-ring (bicyclic) bond motifs is 1. The van der Waals surface area contributed by atoms with E-state index in [2.05, 4.69) is 29.4 Å². The van der Waals surface area contributed by atoms with Crippen LogP contribution in [0.2, 0.25) is 0 Å². The summed E-state index contributed by atoms with van der Waals surface area (Å²) in [5.74, 6) is 0.213. The number of hydrogen-bond acceptors (Lipinski definition) is 4. The zero-order chi connectivity index (χ0) is 22.7. The molecular formula is C26H28N4O2. The topological polar surface area (TPSA) is 69.0 Å². The van der Waals surface area contributed by atoms with Gasteiger partial charge in [0, 0.05) is 11.5 Å². The van der Waals surface area contributed by atoms with Gasteiger partial charge in [0.2, 0.25) is 5.88 Å². The molecule has 0 unspecified atom stereocenters. The molecule has 0 saturated heterocycles. The van der Waals surface area contributed by atoms with Crippen molar-refractivity contribution in [1.29, 1.82) is 0 Å². The zero-order valence-corrected chi connectivity index (χ0v) is 18.9. The first-order valence-electron chi connectivity index (χ1n) is 10.9. The van der Waals surface area contributed by atoms with Crippen LogP contribution in [0, 0.1) is 13.8 Å². The van der Waals surface area contributed by atoms with Crippen molar-refractivity contribution in [3.8, 4) is 11.6 Å². The normalized spacial score (nSPS) is 12.0. The van der Waals surface area contributed by atoms with Crippen LogP contribution in [0.15, 0.2) is 60.7 Å². The minimum atomic E-state index is -0.194. The van der Waals surface area contributed by atoms with Gasteiger partial charge in [-0.1, -0.05) is 49.4 Å². The molecule has 32 heavy (non-hydrogen) atoms. The molecule has 2 aromatic heterocycles. The Hall–Kier alpha value is -3.67. The molecule has 2 aromatic carbocycles. The summed E-state index contributed by atoms with van der Waals surface area (Å²) >= 11 is 0. The van der Waals surface area contributed by atoms with Crippen molar-refractivity contribution >= 4 is 16.9 Å². The largest absolute Gasteiger partial charge is 0.468 e. The molecule has 1 N–H and O–H groups in total. The number of aromatic nitrogens is 3. The van der Waals surface area contributed by atoms with Crippen molar-refractivity contribution in [3.63, 3.8) is 0 Å². The molecule has 6 nitrogen and oxygen atoms in total. The number of nitrogens with one attached hydrogen (secondary N) is 1. The van der Waals surface area contributed by atoms with Gasteiger partial charge in [-0.15, -0.1) is 0 Å². The molecule has 164 valence electrons. The van der Waals surface area contributed by atoms with Gasteiger partial charge in [-0.2, -0.15) is 10.1 Å². The van der Waals surface area contributed by atoms with E-state index in [9.17, 15) is 4.79 Å². The molecule has 0 aliphatic rings. The second-order valence-corrected chi connectivity index (χ2v) is 7.98. The predicted molar refractivity (Wildman–Crippen MR) is 126 cm³/mol. The third-order valence-electron chi connectivity index (χ3n) is 5.60. The summed E-state index contributed by atoms with van der Waals surface area (Å²) in [6, 6.07) is 19.9. The molecule has 0 spiro atoms. The van der Waals surface area contributed by atoms with Crippen molar-refractivity contribution in [3.05, 3.63) is 83.0 Å². The lowest BCUT2D eigenvalue weighted by atomic mass is 10.1. The SMILES string of the molecule is CCc1ccc(-n2nc(C)c3c(C)cc(OCC(=O)N[C@H](C)c4ccccc4)nc32)cc1. The molecule has 1 amide bonds. The van der Waals surface area contributed by atoms with E-state index in [1.54, 1.807) is 0 Å². The Morgan fingerprint density at radius 3 is 2.50 bits per heavy atom. The van der Waals surface area contributed by atoms with E-state index >= 15 is 0 Å². The molecule has 0 radical (unpaired) electrons. The number of pyridine rings is 1. The average molecular weight is 429 g/mol. The van der Waals surface area contributed by atoms with Gasteiger partial charge in [0.15, 0.2) is 12.3 Å². The summed E-state index contributed by atoms with van der Waals surface area (Å²) in [5.41, 5.74) is 5.90. The van der Waals surface area contributed by atoms with E-state index in [1.807, 2.05) is 74.0 Å². The Kier molecular flexibility index (Phi) is 6.21. The van der Waals surface area contributed by atoms with Gasteiger partial charge < -0.3 is 10.1 Å². The summed E-state index contributed by atoms with van der Waals surface area (Å²) in [7, 11) is 0. The maximum Gasteiger partial charge on any atom is 0.258 e. The Morgan fingerprint density at radius 1 is 1.09 bits per heavy atom. The van der Waals surface area contributed by atoms with Crippen LogP contribution in [0.4, 0.5) is 0 Å². The van der Waals surface area contributed by atoms with Crippen LogP contribution >= 0.6 is 0 Å². The van der Waals surface area contributed by atoms with Crippen molar-refractivity contribution in [2.24, 2.45) is 0 Å². The van der Waals surface area contributed by atoms with Crippen LogP contribution in [0.1, 0.15) is 42.3 Å². The zero-order valence-electron chi connectivity index (χ0n) is 18.9. The number of rotatable bonds is 7. The molecule has 0 aliphatic carbocycles. The maximum absolute atomic E-state index is 12.4. The number of ether oxygens (including phenoxy) is 1. The lowest BCUT2D eigenvalue weighted by Crippen LogP contribution is -2.31. The monoisotopic (exact) mass is 428 g/mol. The first-order chi connectivity index (χ1) is 15.5. The predicted octanol–water partition coefficient (Wildman–Crippen LogP) is 4.86. The van der Waals surface area contributed by atoms with Crippen molar-refractivity contribution in [2.75, 3.05) is 6.61 Å². The minimum Gasteiger partial charge on any atom is -0.468 e. The van der Waals surface area contributed by atoms with Crippen LogP contribution < -0.4 is 10.1 Å². The Bertz CT molecular complexity index is 1230. The summed E-state index contributed by atoms with van der Waals surface area (Å²) in [4.78, 5) is 17.1. The molecule has 0 aliphatic heterocycles. The molecule has 6 heteroatoms. The van der Waals surface area contributed by atoms with Gasteiger partial charge >= 0.3 is 0 Å². The van der Waals surface area contributed by atoms with E-state index in [0.29, 0.717) is 5.88 Å². The fourth-order valence-electron chi connectivity index (χ4n) is 3.85. The van der Waals surface area contributed by atoms with E-state index < -0.39 is 0 Å². The number of carbonyl (C=O) groups excluding carboxylic acids is 1. The van der Waals surface area contributed by atoms with Gasteiger partial charge in [-0.3, -0.25) is 4.79 Å². The summed E-state index contributed by atoms with van der Waals surface area (Å²) < 4.78 is 7.60. The Balaban J connectivity index is 1.54. The molecular weight excluding hydrogens is 400 g/mol. The molecule has 4 rings (SSSR count). The number of amides is 1. The third-order valence-corrected chi connectivity index (χ3v) is 5.60. The van der Waals surface area contributed by atoms with Crippen molar-refractivity contribution < 1.29 is 9.53 Å². The Morgan fingerprint density at radius 2 is 1.81 bits per heavy atom. The fourth-order valence-corrected chi connectivity index (χ4v) is 3.85. The van der Waals surface area contributed by atoms with Gasteiger partial charge in [0.05, 0.1) is 17.4 Å². The van der Waals surface area contributed by atoms with Crippen molar-refractivity contribution in [2.45, 2.75) is 40.2 Å². The summed E-state index contributed by atoms with van der Waals surface area (Å²) in [6.07, 6.45) is 0.986. The van der Waals surface area contributed by atoms with Crippen LogP contribution in [-0.4, -0.2) is 27.3 Å². The van der Waals surface area contributed by atoms with Gasteiger partial charge in [-0.25, -0.2) is 4.68 Å². The second-order valence-electron chi connectivity index (χ2n) is 7.98. The van der Waals surface area contributed by atoms with E-state index in [-0.39, 0.29) is 18.6 Å². The molecule has 0 fully saturated rings. The maximum atomic E-state index is 12.4. The second kappa shape index (κ2) is 9.22. The van der Waals surface area contributed by atoms with Gasteiger partial charge in [0.1, 0.15) is 0 Å². The first kappa shape index (κ1) is 21.6. The third kappa shape index (κ3) is 4.49. The van der Waals surface area contributed by atoms with Gasteiger partial charge in [-0.05, 0) is 56.0 Å². The van der Waals surface area contributed by atoms with Crippen LogP contribution in [0.25, 0.3) is 16.7 Å². The highest BCUT2D eigenvalue weighted by Gasteiger charge is 2.16. The number of carbonyl (C=O) groups is 1. The highest BCUT2D eigenvalue weighted by atomic mass is 16.5. The molecule has 0 saturated carbocycles. The number of benzene rings is 2. The minimum absolute atomic E-state index is 0.0975. The molecule has 1 atom stereocenters. The smallest absolute Gasteiger partial charge is 0.258 e. The average Bonchev–Trinajstić information content (AvgIpc) is 3.15. The van der Waals surface area contributed by atoms with Crippen LogP contribution in [0.3, 0.4) is 0 Å². The first-order valence-corrected chi connectivity index (χ1v) is 10.9. The molecule has 4 aromatic rings. The highest BCUT2D eigenvalue weighted by molar-refractivity contribution is 5.84. The summed E-state index contributed by atoms with van der Waals surface area (Å²) in [5, 5.41) is 8.67. The highest BCUT2D eigenvalue weighted by Crippen LogP contribution is 2.27. The number of hydrogen-bond donors (Lipinski definition) is 1. The van der Waals surface area contributed by atoms with E-state index in [1.165, 1.54) is 5.56 Å². The lowest BCUT2D eigenvalue weighted by Gasteiger charge is -2.14. The quantitative estimate of drug-likeness (QED) is 0.457. The van der Waals surface area contributed by atoms with Crippen molar-refractivity contribution in [1.82, 2.24) is 20.1 Å². The van der Waals surface area contributed by atoms with Gasteiger partial charge in [0.25, 0.3) is 5.91 Å². The van der Waals surface area contributed by atoms with E-state index in [4.69, 9.17) is 9.84 Å². The molecule has 0 bridgehead atoms. The fraction of sp³-hybridized carbons (Fsp3) is 0.269. The lowest BCUT2D eigenvalue weighted by molar-refractivity contribution is -0.123. The standard InChI is InChI=1S/C26H28N4O2/c1-5-20-11-13-22(14-12-20)30-26-25(19(4)29-30)17(2)15-24(28-26)32-16-23(31)27-18(3)21-9-7-6-8-10-21/h6-15,18H,5,16H2,1-4H3,(H,27,31)/t18-/m1/s1. The number of nitrogens with zero attached hydrogens (tertiary/aromatic N) is 3.